The van der Waals surface area contributed by atoms with Gasteiger partial charge in [0.1, 0.15) is 6.33 Å². The zero-order chi connectivity index (χ0) is 13.2. The number of hydrogen-bond donors (Lipinski definition) is 2. The summed E-state index contributed by atoms with van der Waals surface area (Å²) in [5.41, 5.74) is 5.00. The van der Waals surface area contributed by atoms with Crippen molar-refractivity contribution in [1.82, 2.24) is 9.97 Å². The number of rotatable bonds is 3. The number of aromatic nitrogens is 2. The van der Waals surface area contributed by atoms with Crippen LogP contribution in [0.15, 0.2) is 30.6 Å². The molecule has 0 radical (unpaired) electrons. The van der Waals surface area contributed by atoms with E-state index in [4.69, 9.17) is 10.6 Å². The third kappa shape index (κ3) is 1.86. The molecule has 19 heavy (non-hydrogen) atoms. The number of nitrogens with zero attached hydrogens (tertiary/aromatic N) is 3. The predicted molar refractivity (Wildman–Crippen MR) is 73.5 cm³/mol. The van der Waals surface area contributed by atoms with Gasteiger partial charge in [-0.1, -0.05) is 18.2 Å². The molecule has 1 aromatic carbocycles. The monoisotopic (exact) mass is 257 g/mol. The average Bonchev–Trinajstić information content (AvgIpc) is 2.90. The van der Waals surface area contributed by atoms with Crippen LogP contribution in [0.3, 0.4) is 0 Å². The fourth-order valence-electron chi connectivity index (χ4n) is 2.41. The van der Waals surface area contributed by atoms with Crippen LogP contribution in [-0.4, -0.2) is 23.6 Å². The van der Waals surface area contributed by atoms with E-state index in [1.165, 1.54) is 11.9 Å². The topological polar surface area (TPSA) is 76.3 Å². The molecule has 2 aromatic rings. The lowest BCUT2D eigenvalue weighted by molar-refractivity contribution is 0.413. The minimum absolute atomic E-state index is 0.483. The average molecular weight is 257 g/mol. The first kappa shape index (κ1) is 11.7. The highest BCUT2D eigenvalue weighted by Gasteiger charge is 2.25. The van der Waals surface area contributed by atoms with Crippen molar-refractivity contribution in [3.63, 3.8) is 0 Å². The molecule has 1 aliphatic rings. The van der Waals surface area contributed by atoms with Gasteiger partial charge in [-0.25, -0.2) is 15.8 Å². The molecule has 1 aliphatic heterocycles. The summed E-state index contributed by atoms with van der Waals surface area (Å²) < 4.78 is 5.39. The molecule has 1 aromatic heterocycles. The molecule has 0 unspecified atom stereocenters. The van der Waals surface area contributed by atoms with Gasteiger partial charge in [0.05, 0.1) is 7.11 Å². The molecule has 3 rings (SSSR count). The van der Waals surface area contributed by atoms with Gasteiger partial charge < -0.3 is 15.1 Å². The maximum absolute atomic E-state index is 5.45. The number of methoxy groups -OCH3 is 1. The van der Waals surface area contributed by atoms with E-state index < -0.39 is 0 Å². The molecule has 0 spiro atoms. The Balaban J connectivity index is 2.09. The fraction of sp³-hybridized carbons (Fsp3) is 0.231. The van der Waals surface area contributed by atoms with Crippen molar-refractivity contribution >= 4 is 17.3 Å². The number of nitrogens with two attached hydrogens (primary N) is 1. The summed E-state index contributed by atoms with van der Waals surface area (Å²) in [5.74, 6) is 7.22. The maximum atomic E-state index is 5.45. The van der Waals surface area contributed by atoms with Crippen LogP contribution in [0, 0.1) is 0 Å². The molecule has 0 bridgehead atoms. The molecular weight excluding hydrogens is 242 g/mol. The Bertz CT molecular complexity index is 601. The second-order valence-electron chi connectivity index (χ2n) is 4.25. The molecule has 2 heterocycles. The van der Waals surface area contributed by atoms with Crippen molar-refractivity contribution in [2.24, 2.45) is 5.84 Å². The van der Waals surface area contributed by atoms with Crippen LogP contribution in [0.5, 0.6) is 5.75 Å². The van der Waals surface area contributed by atoms with E-state index in [1.54, 1.807) is 7.11 Å². The molecule has 6 heteroatoms. The summed E-state index contributed by atoms with van der Waals surface area (Å²) in [6.45, 7) is 0.872. The molecule has 0 atom stereocenters. The lowest BCUT2D eigenvalue weighted by Crippen LogP contribution is -2.18. The van der Waals surface area contributed by atoms with Crippen LogP contribution < -0.4 is 20.9 Å². The third-order valence-corrected chi connectivity index (χ3v) is 3.27. The Morgan fingerprint density at radius 3 is 2.95 bits per heavy atom. The first-order valence-electron chi connectivity index (χ1n) is 6.06. The van der Waals surface area contributed by atoms with Crippen molar-refractivity contribution in [1.29, 1.82) is 0 Å². The van der Waals surface area contributed by atoms with Crippen molar-refractivity contribution < 1.29 is 4.74 Å². The lowest BCUT2D eigenvalue weighted by Gasteiger charge is -2.21. The maximum Gasteiger partial charge on any atom is 0.206 e. The highest BCUT2D eigenvalue weighted by molar-refractivity contribution is 5.74. The van der Waals surface area contributed by atoms with E-state index in [-0.39, 0.29) is 0 Å². The molecular formula is C13H15N5O. The second-order valence-corrected chi connectivity index (χ2v) is 4.25. The Morgan fingerprint density at radius 2 is 2.16 bits per heavy atom. The first-order chi connectivity index (χ1) is 9.35. The predicted octanol–water partition coefficient (Wildman–Crippen LogP) is 1.46. The molecule has 0 saturated heterocycles. The number of para-hydroxylation sites is 1. The third-order valence-electron chi connectivity index (χ3n) is 3.27. The standard InChI is InChI=1S/C13H15N5O/c1-19-11-12(17-14)15-8-16-13(11)18-7-6-9-4-2-3-5-10(9)18/h2-5,8H,6-7,14H2,1H3,(H,15,16,17). The van der Waals surface area contributed by atoms with Gasteiger partial charge in [0, 0.05) is 12.2 Å². The van der Waals surface area contributed by atoms with E-state index in [9.17, 15) is 0 Å². The van der Waals surface area contributed by atoms with Crippen molar-refractivity contribution in [2.75, 3.05) is 24.0 Å². The van der Waals surface area contributed by atoms with Gasteiger partial charge in [0.15, 0.2) is 11.6 Å². The largest absolute Gasteiger partial charge is 0.490 e. The van der Waals surface area contributed by atoms with E-state index >= 15 is 0 Å². The van der Waals surface area contributed by atoms with Crippen LogP contribution in [0.2, 0.25) is 0 Å². The summed E-state index contributed by atoms with van der Waals surface area (Å²) in [5, 5.41) is 0. The molecule has 0 fully saturated rings. The quantitative estimate of drug-likeness (QED) is 0.640. The zero-order valence-corrected chi connectivity index (χ0v) is 10.6. The van der Waals surface area contributed by atoms with Crippen LogP contribution in [0.4, 0.5) is 17.3 Å². The van der Waals surface area contributed by atoms with E-state index in [0.717, 1.165) is 24.5 Å². The first-order valence-corrected chi connectivity index (χ1v) is 6.06. The number of anilines is 3. The molecule has 0 aliphatic carbocycles. The highest BCUT2D eigenvalue weighted by Crippen LogP contribution is 2.39. The Hall–Kier alpha value is -2.34. The summed E-state index contributed by atoms with van der Waals surface area (Å²) in [7, 11) is 1.59. The summed E-state index contributed by atoms with van der Waals surface area (Å²) in [4.78, 5) is 10.5. The van der Waals surface area contributed by atoms with Gasteiger partial charge in [-0.2, -0.15) is 0 Å². The number of hydrogen-bond acceptors (Lipinski definition) is 6. The Kier molecular flexibility index (Phi) is 2.92. The number of fused-ring (bicyclic) bond motifs is 1. The number of hydrazine groups is 1. The smallest absolute Gasteiger partial charge is 0.206 e. The van der Waals surface area contributed by atoms with Gasteiger partial charge in [-0.3, -0.25) is 0 Å². The minimum atomic E-state index is 0.483. The number of nitrogen functional groups attached to an aromatic ring is 1. The Labute approximate surface area is 111 Å². The zero-order valence-electron chi connectivity index (χ0n) is 10.6. The van der Waals surface area contributed by atoms with Crippen LogP contribution >= 0.6 is 0 Å². The summed E-state index contributed by atoms with van der Waals surface area (Å²) in [6.07, 6.45) is 2.47. The number of benzene rings is 1. The van der Waals surface area contributed by atoms with E-state index in [0.29, 0.717) is 11.6 Å². The van der Waals surface area contributed by atoms with Crippen molar-refractivity contribution in [3.8, 4) is 5.75 Å². The van der Waals surface area contributed by atoms with Crippen molar-refractivity contribution in [2.45, 2.75) is 6.42 Å². The van der Waals surface area contributed by atoms with Gasteiger partial charge in [-0.05, 0) is 18.1 Å². The second kappa shape index (κ2) is 4.74. The van der Waals surface area contributed by atoms with Gasteiger partial charge >= 0.3 is 0 Å². The molecule has 0 saturated carbocycles. The molecule has 98 valence electrons. The molecule has 3 N–H and O–H groups in total. The van der Waals surface area contributed by atoms with Crippen LogP contribution in [0.1, 0.15) is 5.56 Å². The van der Waals surface area contributed by atoms with Gasteiger partial charge in [0.2, 0.25) is 5.75 Å². The van der Waals surface area contributed by atoms with E-state index in [2.05, 4.69) is 32.4 Å². The van der Waals surface area contributed by atoms with E-state index in [1.807, 2.05) is 12.1 Å². The van der Waals surface area contributed by atoms with Crippen molar-refractivity contribution in [3.05, 3.63) is 36.2 Å². The van der Waals surface area contributed by atoms with Crippen LogP contribution in [0.25, 0.3) is 0 Å². The molecule has 6 nitrogen and oxygen atoms in total. The minimum Gasteiger partial charge on any atom is -0.490 e. The SMILES string of the molecule is COc1c(NN)ncnc1N1CCc2ccccc21. The fourth-order valence-corrected chi connectivity index (χ4v) is 2.41. The number of nitrogens with one attached hydrogen (secondary N) is 1. The normalized spacial score (nSPS) is 13.3. The molecule has 0 amide bonds. The highest BCUT2D eigenvalue weighted by atomic mass is 16.5. The van der Waals surface area contributed by atoms with Gasteiger partial charge in [0.25, 0.3) is 0 Å². The number of ether oxygens (including phenoxy) is 1. The Morgan fingerprint density at radius 1 is 1.32 bits per heavy atom. The van der Waals surface area contributed by atoms with Gasteiger partial charge in [-0.15, -0.1) is 0 Å². The summed E-state index contributed by atoms with van der Waals surface area (Å²) in [6, 6.07) is 8.28. The summed E-state index contributed by atoms with van der Waals surface area (Å²) >= 11 is 0. The lowest BCUT2D eigenvalue weighted by atomic mass is 10.2. The van der Waals surface area contributed by atoms with Crippen LogP contribution in [-0.2, 0) is 6.42 Å².